The van der Waals surface area contributed by atoms with E-state index < -0.39 is 0 Å². The predicted molar refractivity (Wildman–Crippen MR) is 106 cm³/mol. The Morgan fingerprint density at radius 1 is 1.04 bits per heavy atom. The van der Waals surface area contributed by atoms with Gasteiger partial charge in [-0.15, -0.1) is 0 Å². The fourth-order valence-corrected chi connectivity index (χ4v) is 2.28. The summed E-state index contributed by atoms with van der Waals surface area (Å²) in [6, 6.07) is 4.94. The summed E-state index contributed by atoms with van der Waals surface area (Å²) in [7, 11) is 1.53. The van der Waals surface area contributed by atoms with Gasteiger partial charge in [0.05, 0.1) is 12.7 Å². The van der Waals surface area contributed by atoms with Crippen LogP contribution in [0.4, 0.5) is 0 Å². The maximum atomic E-state index is 10.3. The highest BCUT2D eigenvalue weighted by atomic mass is 16.5. The van der Waals surface area contributed by atoms with Gasteiger partial charge in [-0.05, 0) is 19.1 Å². The summed E-state index contributed by atoms with van der Waals surface area (Å²) in [6.07, 6.45) is 8.56. The summed E-state index contributed by atoms with van der Waals surface area (Å²) in [5.74, 6) is 1.77. The second-order valence-corrected chi connectivity index (χ2v) is 5.20. The monoisotopic (exact) mass is 347 g/mol. The second kappa shape index (κ2) is 8.58. The van der Waals surface area contributed by atoms with Crippen LogP contribution in [0.5, 0.6) is 11.5 Å². The lowest BCUT2D eigenvalue weighted by Crippen LogP contribution is -2.04. The second-order valence-electron chi connectivity index (χ2n) is 5.20. The van der Waals surface area contributed by atoms with Crippen LogP contribution in [0, 0.1) is 0 Å². The lowest BCUT2D eigenvalue weighted by Gasteiger charge is -2.10. The van der Waals surface area contributed by atoms with E-state index in [1.165, 1.54) is 13.2 Å². The first-order chi connectivity index (χ1) is 12.6. The van der Waals surface area contributed by atoms with Crippen molar-refractivity contribution in [3.63, 3.8) is 0 Å². The minimum absolute atomic E-state index is 0.0148. The SMILES string of the molecule is C=C/C=C(\C=C)c1nc(/C(C=C)=C/C)nc(-c2ccc(OC)cc2O)n1. The molecule has 2 aromatic rings. The van der Waals surface area contributed by atoms with Gasteiger partial charge in [0.25, 0.3) is 0 Å². The summed E-state index contributed by atoms with van der Waals surface area (Å²) in [4.78, 5) is 13.5. The van der Waals surface area contributed by atoms with Crippen LogP contribution in [0.25, 0.3) is 22.5 Å². The van der Waals surface area contributed by atoms with Crippen molar-refractivity contribution in [3.05, 3.63) is 80.0 Å². The summed E-state index contributed by atoms with van der Waals surface area (Å²) < 4.78 is 5.12. The highest BCUT2D eigenvalue weighted by Gasteiger charge is 2.15. The third-order valence-electron chi connectivity index (χ3n) is 3.65. The van der Waals surface area contributed by atoms with Gasteiger partial charge in [0.2, 0.25) is 0 Å². The van der Waals surface area contributed by atoms with Gasteiger partial charge in [-0.1, -0.05) is 50.1 Å². The van der Waals surface area contributed by atoms with Gasteiger partial charge in [0.15, 0.2) is 17.5 Å². The fourth-order valence-electron chi connectivity index (χ4n) is 2.28. The number of allylic oxidation sites excluding steroid dienone is 7. The Balaban J connectivity index is 2.74. The number of hydrogen-bond acceptors (Lipinski definition) is 5. The highest BCUT2D eigenvalue weighted by Crippen LogP contribution is 2.31. The van der Waals surface area contributed by atoms with Crippen LogP contribution >= 0.6 is 0 Å². The van der Waals surface area contributed by atoms with Gasteiger partial charge >= 0.3 is 0 Å². The molecule has 0 saturated carbocycles. The maximum absolute atomic E-state index is 10.3. The van der Waals surface area contributed by atoms with Crippen LogP contribution in [0.15, 0.2) is 68.3 Å². The molecule has 5 heteroatoms. The molecule has 0 fully saturated rings. The smallest absolute Gasteiger partial charge is 0.167 e. The Labute approximate surface area is 153 Å². The number of phenolic OH excluding ortho intramolecular Hbond substituents is 1. The first-order valence-electron chi connectivity index (χ1n) is 7.96. The van der Waals surface area contributed by atoms with E-state index in [4.69, 9.17) is 4.74 Å². The van der Waals surface area contributed by atoms with Gasteiger partial charge in [-0.2, -0.15) is 0 Å². The van der Waals surface area contributed by atoms with Crippen molar-refractivity contribution in [2.75, 3.05) is 7.11 Å². The molecule has 2 rings (SSSR count). The largest absolute Gasteiger partial charge is 0.507 e. The summed E-state index contributed by atoms with van der Waals surface area (Å²) >= 11 is 0. The zero-order chi connectivity index (χ0) is 19.1. The van der Waals surface area contributed by atoms with Gasteiger partial charge in [0, 0.05) is 17.2 Å². The van der Waals surface area contributed by atoms with Crippen molar-refractivity contribution in [1.29, 1.82) is 0 Å². The molecule has 26 heavy (non-hydrogen) atoms. The van der Waals surface area contributed by atoms with Crippen LogP contribution in [-0.2, 0) is 0 Å². The zero-order valence-corrected chi connectivity index (χ0v) is 14.9. The molecule has 1 aromatic heterocycles. The van der Waals surface area contributed by atoms with E-state index in [2.05, 4.69) is 34.7 Å². The van der Waals surface area contributed by atoms with E-state index in [9.17, 15) is 5.11 Å². The van der Waals surface area contributed by atoms with Crippen molar-refractivity contribution in [2.24, 2.45) is 0 Å². The average Bonchev–Trinajstić information content (AvgIpc) is 2.66. The van der Waals surface area contributed by atoms with Crippen LogP contribution < -0.4 is 4.74 Å². The Morgan fingerprint density at radius 2 is 1.69 bits per heavy atom. The first kappa shape index (κ1) is 18.9. The number of aromatic nitrogens is 3. The molecular formula is C21H21N3O2. The standard InChI is InChI=1S/C21H21N3O2/c1-6-10-15(9-4)20-22-19(14(7-2)8-3)23-21(24-20)17-12-11-16(26-5)13-18(17)25/h6-13,25H,1-2,4H2,3,5H3/b14-8+,15-10+. The molecule has 0 bridgehead atoms. The molecule has 0 saturated heterocycles. The molecule has 5 nitrogen and oxygen atoms in total. The number of nitrogens with zero attached hydrogens (tertiary/aromatic N) is 3. The number of hydrogen-bond donors (Lipinski definition) is 1. The molecule has 1 aromatic carbocycles. The van der Waals surface area contributed by atoms with Crippen molar-refractivity contribution in [1.82, 2.24) is 15.0 Å². The van der Waals surface area contributed by atoms with Crippen molar-refractivity contribution < 1.29 is 9.84 Å². The van der Waals surface area contributed by atoms with Crippen molar-refractivity contribution in [2.45, 2.75) is 6.92 Å². The topological polar surface area (TPSA) is 68.1 Å². The summed E-state index contributed by atoms with van der Waals surface area (Å²) in [5, 5.41) is 10.3. The lowest BCUT2D eigenvalue weighted by atomic mass is 10.1. The van der Waals surface area contributed by atoms with E-state index in [1.54, 1.807) is 36.4 Å². The maximum Gasteiger partial charge on any atom is 0.167 e. The van der Waals surface area contributed by atoms with E-state index in [0.717, 1.165) is 5.57 Å². The number of methoxy groups -OCH3 is 1. The minimum atomic E-state index is 0.0148. The van der Waals surface area contributed by atoms with Gasteiger partial charge in [-0.25, -0.2) is 15.0 Å². The first-order valence-corrected chi connectivity index (χ1v) is 7.96. The summed E-state index contributed by atoms with van der Waals surface area (Å²) in [6.45, 7) is 13.2. The Kier molecular flexibility index (Phi) is 6.22. The number of aromatic hydroxyl groups is 1. The van der Waals surface area contributed by atoms with Crippen LogP contribution in [0.2, 0.25) is 0 Å². The molecule has 1 heterocycles. The van der Waals surface area contributed by atoms with Gasteiger partial charge < -0.3 is 9.84 Å². The third-order valence-corrected chi connectivity index (χ3v) is 3.65. The molecule has 0 spiro atoms. The minimum Gasteiger partial charge on any atom is -0.507 e. The number of ether oxygens (including phenoxy) is 1. The van der Waals surface area contributed by atoms with Gasteiger partial charge in [-0.3, -0.25) is 0 Å². The normalized spacial score (nSPS) is 11.8. The van der Waals surface area contributed by atoms with Crippen molar-refractivity contribution in [3.8, 4) is 22.9 Å². The van der Waals surface area contributed by atoms with Gasteiger partial charge in [0.1, 0.15) is 11.5 Å². The van der Waals surface area contributed by atoms with Crippen LogP contribution in [-0.4, -0.2) is 27.2 Å². The van der Waals surface area contributed by atoms with E-state index >= 15 is 0 Å². The number of phenols is 1. The zero-order valence-electron chi connectivity index (χ0n) is 14.9. The van der Waals surface area contributed by atoms with Crippen molar-refractivity contribution >= 4 is 11.1 Å². The number of rotatable bonds is 7. The predicted octanol–water partition coefficient (Wildman–Crippen LogP) is 4.60. The van der Waals surface area contributed by atoms with E-state index in [0.29, 0.717) is 34.4 Å². The quantitative estimate of drug-likeness (QED) is 0.742. The number of benzene rings is 1. The van der Waals surface area contributed by atoms with Crippen LogP contribution in [0.1, 0.15) is 18.6 Å². The third kappa shape index (κ3) is 3.95. The molecular weight excluding hydrogens is 326 g/mol. The summed E-state index contributed by atoms with van der Waals surface area (Å²) in [5.41, 5.74) is 1.92. The van der Waals surface area contributed by atoms with Crippen LogP contribution in [0.3, 0.4) is 0 Å². The Hall–Kier alpha value is -3.47. The molecule has 0 atom stereocenters. The fraction of sp³-hybridized carbons (Fsp3) is 0.0952. The Bertz CT molecular complexity index is 911. The molecule has 0 radical (unpaired) electrons. The van der Waals surface area contributed by atoms with E-state index in [1.807, 2.05) is 13.0 Å². The molecule has 0 unspecified atom stereocenters. The van der Waals surface area contributed by atoms with E-state index in [-0.39, 0.29) is 5.75 Å². The molecule has 132 valence electrons. The molecule has 1 N–H and O–H groups in total. The molecule has 0 aliphatic rings. The molecule has 0 aliphatic heterocycles. The Morgan fingerprint density at radius 3 is 2.19 bits per heavy atom. The lowest BCUT2D eigenvalue weighted by molar-refractivity contribution is 0.408. The highest BCUT2D eigenvalue weighted by molar-refractivity contribution is 5.76. The molecule has 0 aliphatic carbocycles. The molecule has 0 amide bonds. The average molecular weight is 347 g/mol.